The van der Waals surface area contributed by atoms with Gasteiger partial charge in [-0.1, -0.05) is 0 Å². The fourth-order valence-corrected chi connectivity index (χ4v) is 2.11. The van der Waals surface area contributed by atoms with Gasteiger partial charge in [0.25, 0.3) is 0 Å². The van der Waals surface area contributed by atoms with Crippen LogP contribution in [0.4, 0.5) is 19.0 Å². The first-order chi connectivity index (χ1) is 9.36. The van der Waals surface area contributed by atoms with Crippen LogP contribution in [-0.2, 0) is 10.9 Å². The number of nitrogens with one attached hydrogen (secondary N) is 2. The van der Waals surface area contributed by atoms with E-state index in [1.807, 2.05) is 13.8 Å². The minimum absolute atomic E-state index is 0.0423. The van der Waals surface area contributed by atoms with Gasteiger partial charge in [-0.3, -0.25) is 0 Å². The maximum absolute atomic E-state index is 12.4. The van der Waals surface area contributed by atoms with E-state index in [-0.39, 0.29) is 18.2 Å². The van der Waals surface area contributed by atoms with Crippen molar-refractivity contribution in [3.05, 3.63) is 23.9 Å². The Morgan fingerprint density at radius 2 is 2.15 bits per heavy atom. The SMILES string of the molecule is C[C@@H]1O[C@@H](C)CN[C@@H]1CNc1ccc(C(F)(F)F)cn1. The molecule has 4 nitrogen and oxygen atoms in total. The van der Waals surface area contributed by atoms with Crippen LogP contribution in [0.2, 0.25) is 0 Å². The van der Waals surface area contributed by atoms with Crippen LogP contribution in [0.15, 0.2) is 18.3 Å². The lowest BCUT2D eigenvalue weighted by Gasteiger charge is -2.34. The minimum atomic E-state index is -4.35. The molecule has 0 saturated carbocycles. The molecule has 1 fully saturated rings. The molecule has 0 radical (unpaired) electrons. The molecule has 0 bridgehead atoms. The summed E-state index contributed by atoms with van der Waals surface area (Å²) in [7, 11) is 0. The lowest BCUT2D eigenvalue weighted by molar-refractivity contribution is -0.137. The zero-order valence-electron chi connectivity index (χ0n) is 11.4. The molecule has 1 saturated heterocycles. The highest BCUT2D eigenvalue weighted by Gasteiger charge is 2.30. The van der Waals surface area contributed by atoms with Gasteiger partial charge in [0.05, 0.1) is 23.8 Å². The van der Waals surface area contributed by atoms with Crippen LogP contribution in [0.5, 0.6) is 0 Å². The second kappa shape index (κ2) is 5.97. The number of rotatable bonds is 3. The molecule has 2 N–H and O–H groups in total. The van der Waals surface area contributed by atoms with Crippen LogP contribution in [0, 0.1) is 0 Å². The van der Waals surface area contributed by atoms with Gasteiger partial charge in [0.15, 0.2) is 0 Å². The molecule has 0 aromatic carbocycles. The standard InChI is InChI=1S/C13H18F3N3O/c1-8-5-17-11(9(2)20-8)7-19-12-4-3-10(6-18-12)13(14,15)16/h3-4,6,8-9,11,17H,5,7H2,1-2H3,(H,18,19)/t8-,9-,11+/m0/s1. The molecule has 0 aliphatic carbocycles. The summed E-state index contributed by atoms with van der Waals surface area (Å²) < 4.78 is 42.9. The van der Waals surface area contributed by atoms with Gasteiger partial charge in [-0.25, -0.2) is 4.98 Å². The fourth-order valence-electron chi connectivity index (χ4n) is 2.11. The number of halogens is 3. The van der Waals surface area contributed by atoms with E-state index in [2.05, 4.69) is 15.6 Å². The molecule has 112 valence electrons. The maximum atomic E-state index is 12.4. The first kappa shape index (κ1) is 15.1. The number of ether oxygens (including phenoxy) is 1. The Hall–Kier alpha value is -1.34. The summed E-state index contributed by atoms with van der Waals surface area (Å²) >= 11 is 0. The molecular weight excluding hydrogens is 271 g/mol. The van der Waals surface area contributed by atoms with Crippen molar-refractivity contribution in [3.8, 4) is 0 Å². The molecule has 0 spiro atoms. The van der Waals surface area contributed by atoms with Gasteiger partial charge < -0.3 is 15.4 Å². The summed E-state index contributed by atoms with van der Waals surface area (Å²) in [6.45, 7) is 5.27. The highest BCUT2D eigenvalue weighted by molar-refractivity contribution is 5.36. The summed E-state index contributed by atoms with van der Waals surface area (Å²) in [5.41, 5.74) is -0.746. The van der Waals surface area contributed by atoms with Crippen molar-refractivity contribution >= 4 is 5.82 Å². The molecular formula is C13H18F3N3O. The average Bonchev–Trinajstić information content (AvgIpc) is 2.37. The van der Waals surface area contributed by atoms with Crippen LogP contribution in [0.3, 0.4) is 0 Å². The van der Waals surface area contributed by atoms with Crippen LogP contribution < -0.4 is 10.6 Å². The van der Waals surface area contributed by atoms with Gasteiger partial charge in [-0.2, -0.15) is 13.2 Å². The van der Waals surface area contributed by atoms with Gasteiger partial charge in [0.2, 0.25) is 0 Å². The average molecular weight is 289 g/mol. The predicted octanol–water partition coefficient (Wildman–Crippen LogP) is 2.28. The Kier molecular flexibility index (Phi) is 4.49. The minimum Gasteiger partial charge on any atom is -0.373 e. The largest absolute Gasteiger partial charge is 0.417 e. The van der Waals surface area contributed by atoms with E-state index < -0.39 is 11.7 Å². The second-order valence-electron chi connectivity index (χ2n) is 4.98. The van der Waals surface area contributed by atoms with Crippen molar-refractivity contribution in [2.24, 2.45) is 0 Å². The highest BCUT2D eigenvalue weighted by atomic mass is 19.4. The van der Waals surface area contributed by atoms with Gasteiger partial charge in [-0.15, -0.1) is 0 Å². The Balaban J connectivity index is 1.88. The number of aromatic nitrogens is 1. The summed E-state index contributed by atoms with van der Waals surface area (Å²) in [5, 5.41) is 6.35. The van der Waals surface area contributed by atoms with E-state index in [9.17, 15) is 13.2 Å². The highest BCUT2D eigenvalue weighted by Crippen LogP contribution is 2.28. The van der Waals surface area contributed by atoms with Crippen LogP contribution in [-0.4, -0.2) is 36.3 Å². The number of alkyl halides is 3. The molecule has 1 aromatic rings. The predicted molar refractivity (Wildman–Crippen MR) is 69.5 cm³/mol. The maximum Gasteiger partial charge on any atom is 0.417 e. The Morgan fingerprint density at radius 3 is 2.70 bits per heavy atom. The fraction of sp³-hybridized carbons (Fsp3) is 0.615. The van der Waals surface area contributed by atoms with Gasteiger partial charge in [0.1, 0.15) is 5.82 Å². The molecule has 3 atom stereocenters. The number of morpholine rings is 1. The first-order valence-electron chi connectivity index (χ1n) is 6.52. The number of pyridine rings is 1. The Bertz CT molecular complexity index is 435. The lowest BCUT2D eigenvalue weighted by atomic mass is 10.1. The van der Waals surface area contributed by atoms with Crippen molar-refractivity contribution < 1.29 is 17.9 Å². The van der Waals surface area contributed by atoms with E-state index in [0.717, 1.165) is 18.8 Å². The number of hydrogen-bond acceptors (Lipinski definition) is 4. The third-order valence-electron chi connectivity index (χ3n) is 3.27. The van der Waals surface area contributed by atoms with E-state index in [4.69, 9.17) is 4.74 Å². The summed E-state index contributed by atoms with van der Waals surface area (Å²) in [4.78, 5) is 3.77. The van der Waals surface area contributed by atoms with E-state index in [0.29, 0.717) is 12.4 Å². The van der Waals surface area contributed by atoms with Gasteiger partial charge >= 0.3 is 6.18 Å². The van der Waals surface area contributed by atoms with Crippen LogP contribution in [0.1, 0.15) is 19.4 Å². The lowest BCUT2D eigenvalue weighted by Crippen LogP contribution is -2.53. The van der Waals surface area contributed by atoms with Crippen LogP contribution >= 0.6 is 0 Å². The monoisotopic (exact) mass is 289 g/mol. The molecule has 0 amide bonds. The summed E-state index contributed by atoms with van der Waals surface area (Å²) in [5.74, 6) is 0.422. The summed E-state index contributed by atoms with van der Waals surface area (Å²) in [6.07, 6.45) is -3.31. The van der Waals surface area contributed by atoms with Crippen molar-refractivity contribution in [1.82, 2.24) is 10.3 Å². The van der Waals surface area contributed by atoms with Gasteiger partial charge in [0, 0.05) is 19.3 Å². The molecule has 7 heteroatoms. The normalized spacial score (nSPS) is 27.4. The Morgan fingerprint density at radius 1 is 1.40 bits per heavy atom. The molecule has 2 rings (SSSR count). The van der Waals surface area contributed by atoms with E-state index in [1.165, 1.54) is 6.07 Å². The van der Waals surface area contributed by atoms with Crippen molar-refractivity contribution in [3.63, 3.8) is 0 Å². The number of hydrogen-bond donors (Lipinski definition) is 2. The molecule has 2 heterocycles. The smallest absolute Gasteiger partial charge is 0.373 e. The number of anilines is 1. The Labute approximate surface area is 115 Å². The van der Waals surface area contributed by atoms with Crippen LogP contribution in [0.25, 0.3) is 0 Å². The van der Waals surface area contributed by atoms with Crippen molar-refractivity contribution in [2.45, 2.75) is 38.3 Å². The molecule has 1 aliphatic heterocycles. The second-order valence-corrected chi connectivity index (χ2v) is 4.98. The molecule has 1 aliphatic rings. The third kappa shape index (κ3) is 3.83. The molecule has 0 unspecified atom stereocenters. The zero-order valence-corrected chi connectivity index (χ0v) is 11.4. The van der Waals surface area contributed by atoms with Crippen molar-refractivity contribution in [1.29, 1.82) is 0 Å². The third-order valence-corrected chi connectivity index (χ3v) is 3.27. The van der Waals surface area contributed by atoms with Gasteiger partial charge in [-0.05, 0) is 26.0 Å². The first-order valence-corrected chi connectivity index (χ1v) is 6.52. The zero-order chi connectivity index (χ0) is 14.8. The van der Waals surface area contributed by atoms with E-state index in [1.54, 1.807) is 0 Å². The number of nitrogens with zero attached hydrogens (tertiary/aromatic N) is 1. The molecule has 20 heavy (non-hydrogen) atoms. The van der Waals surface area contributed by atoms with E-state index >= 15 is 0 Å². The summed E-state index contributed by atoms with van der Waals surface area (Å²) in [6, 6.07) is 2.46. The van der Waals surface area contributed by atoms with Crippen molar-refractivity contribution in [2.75, 3.05) is 18.4 Å². The quantitative estimate of drug-likeness (QED) is 0.896. The molecule has 1 aromatic heterocycles. The topological polar surface area (TPSA) is 46.2 Å².